The predicted molar refractivity (Wildman–Crippen MR) is 79.1 cm³/mol. The van der Waals surface area contributed by atoms with Gasteiger partial charge in [-0.15, -0.1) is 0 Å². The number of carbonyl (C=O) groups is 1. The molecule has 4 nitrogen and oxygen atoms in total. The van der Waals surface area contributed by atoms with Gasteiger partial charge in [0.25, 0.3) is 0 Å². The lowest BCUT2D eigenvalue weighted by Crippen LogP contribution is -2.57. The molecule has 2 aliphatic heterocycles. The molecule has 7 heteroatoms. The molecule has 3 rings (SSSR count). The fraction of sp³-hybridized carbons (Fsp3) is 0.938. The predicted octanol–water partition coefficient (Wildman–Crippen LogP) is 3.60. The van der Waals surface area contributed by atoms with E-state index in [-0.39, 0.29) is 37.1 Å². The Balaban J connectivity index is 1.63. The fourth-order valence-electron chi connectivity index (χ4n) is 3.93. The van der Waals surface area contributed by atoms with Crippen molar-refractivity contribution in [3.8, 4) is 0 Å². The molecule has 1 aliphatic carbocycles. The van der Waals surface area contributed by atoms with Gasteiger partial charge in [0.15, 0.2) is 0 Å². The maximum atomic E-state index is 13.1. The zero-order valence-electron chi connectivity index (χ0n) is 13.9. The molecule has 0 aromatic heterocycles. The zero-order chi connectivity index (χ0) is 17.0. The first-order chi connectivity index (χ1) is 10.5. The van der Waals surface area contributed by atoms with Crippen LogP contribution in [0, 0.1) is 0 Å². The molecule has 0 radical (unpaired) electrons. The van der Waals surface area contributed by atoms with Crippen LogP contribution in [0.4, 0.5) is 18.0 Å². The third-order valence-electron chi connectivity index (χ3n) is 5.11. The van der Waals surface area contributed by atoms with Gasteiger partial charge in [-0.05, 0) is 59.3 Å². The topological polar surface area (TPSA) is 41.6 Å². The van der Waals surface area contributed by atoms with Crippen LogP contribution < -0.4 is 5.32 Å². The monoisotopic (exact) mass is 334 g/mol. The van der Waals surface area contributed by atoms with Crippen LogP contribution in [0.5, 0.6) is 0 Å². The van der Waals surface area contributed by atoms with E-state index in [2.05, 4.69) is 5.32 Å². The minimum absolute atomic E-state index is 0.00914. The van der Waals surface area contributed by atoms with Gasteiger partial charge in [0.1, 0.15) is 11.1 Å². The third kappa shape index (κ3) is 3.30. The van der Waals surface area contributed by atoms with Gasteiger partial charge >= 0.3 is 12.3 Å². The third-order valence-corrected chi connectivity index (χ3v) is 5.11. The molecule has 0 aromatic carbocycles. The number of fused-ring (bicyclic) bond motifs is 2. The molecule has 23 heavy (non-hydrogen) atoms. The van der Waals surface area contributed by atoms with Crippen molar-refractivity contribution < 1.29 is 22.7 Å². The quantitative estimate of drug-likeness (QED) is 0.839. The lowest BCUT2D eigenvalue weighted by molar-refractivity contribution is -0.169. The minimum atomic E-state index is -4.19. The Kier molecular flexibility index (Phi) is 3.86. The number of rotatable bonds is 2. The van der Waals surface area contributed by atoms with Gasteiger partial charge in [-0.25, -0.2) is 4.79 Å². The van der Waals surface area contributed by atoms with Gasteiger partial charge in [0.2, 0.25) is 0 Å². The SMILES string of the molecule is CC(C)(C)OC(=O)N1C2CCC1CC(NC1(C(F)(F)F)CC1)C2. The van der Waals surface area contributed by atoms with Crippen molar-refractivity contribution in [2.24, 2.45) is 0 Å². The molecule has 2 saturated heterocycles. The second kappa shape index (κ2) is 5.26. The standard InChI is InChI=1S/C16H25F3N2O2/c1-14(2,3)23-13(22)21-11-4-5-12(21)9-10(8-11)20-15(6-7-15)16(17,18)19/h10-12,20H,4-9H2,1-3H3. The molecule has 1 N–H and O–H groups in total. The van der Waals surface area contributed by atoms with Crippen LogP contribution in [0.15, 0.2) is 0 Å². The summed E-state index contributed by atoms with van der Waals surface area (Å²) < 4.78 is 44.8. The van der Waals surface area contributed by atoms with Crippen LogP contribution in [0.25, 0.3) is 0 Å². The van der Waals surface area contributed by atoms with Crippen molar-refractivity contribution >= 4 is 6.09 Å². The summed E-state index contributed by atoms with van der Waals surface area (Å²) in [5.74, 6) is 0. The number of nitrogens with one attached hydrogen (secondary N) is 1. The van der Waals surface area contributed by atoms with E-state index in [1.807, 2.05) is 20.8 Å². The van der Waals surface area contributed by atoms with E-state index >= 15 is 0 Å². The van der Waals surface area contributed by atoms with Crippen molar-refractivity contribution in [1.82, 2.24) is 10.2 Å². The van der Waals surface area contributed by atoms with Crippen molar-refractivity contribution in [3.63, 3.8) is 0 Å². The highest BCUT2D eigenvalue weighted by Crippen LogP contribution is 2.50. The minimum Gasteiger partial charge on any atom is -0.444 e. The number of piperidine rings is 1. The first kappa shape index (κ1) is 16.9. The summed E-state index contributed by atoms with van der Waals surface area (Å²) >= 11 is 0. The van der Waals surface area contributed by atoms with Crippen molar-refractivity contribution in [2.45, 2.75) is 94.7 Å². The summed E-state index contributed by atoms with van der Waals surface area (Å²) in [4.78, 5) is 14.1. The molecule has 2 unspecified atom stereocenters. The van der Waals surface area contributed by atoms with Crippen LogP contribution in [-0.2, 0) is 4.74 Å². The van der Waals surface area contributed by atoms with Gasteiger partial charge in [-0.2, -0.15) is 13.2 Å². The van der Waals surface area contributed by atoms with Crippen molar-refractivity contribution in [3.05, 3.63) is 0 Å². The summed E-state index contributed by atoms with van der Waals surface area (Å²) in [5, 5.41) is 2.85. The maximum absolute atomic E-state index is 13.1. The van der Waals surface area contributed by atoms with E-state index in [1.54, 1.807) is 4.90 Å². The highest BCUT2D eigenvalue weighted by atomic mass is 19.4. The Bertz CT molecular complexity index is 469. The lowest BCUT2D eigenvalue weighted by atomic mass is 9.96. The number of alkyl halides is 3. The number of amides is 1. The molecule has 2 atom stereocenters. The molecule has 2 bridgehead atoms. The first-order valence-corrected chi connectivity index (χ1v) is 8.36. The van der Waals surface area contributed by atoms with E-state index in [0.717, 1.165) is 12.8 Å². The van der Waals surface area contributed by atoms with E-state index in [1.165, 1.54) is 0 Å². The Morgan fingerprint density at radius 1 is 1.13 bits per heavy atom. The first-order valence-electron chi connectivity index (χ1n) is 8.36. The second-order valence-electron chi connectivity index (χ2n) is 8.17. The van der Waals surface area contributed by atoms with Gasteiger partial charge in [0.05, 0.1) is 0 Å². The summed E-state index contributed by atoms with van der Waals surface area (Å²) in [6, 6.07) is -0.189. The smallest absolute Gasteiger partial charge is 0.410 e. The summed E-state index contributed by atoms with van der Waals surface area (Å²) in [5.41, 5.74) is -2.23. The summed E-state index contributed by atoms with van der Waals surface area (Å²) in [6.45, 7) is 5.46. The molecule has 0 spiro atoms. The molecule has 132 valence electrons. The Morgan fingerprint density at radius 2 is 1.65 bits per heavy atom. The number of hydrogen-bond donors (Lipinski definition) is 1. The number of carbonyl (C=O) groups excluding carboxylic acids is 1. The van der Waals surface area contributed by atoms with Gasteiger partial charge in [-0.3, -0.25) is 0 Å². The zero-order valence-corrected chi connectivity index (χ0v) is 13.9. The molecule has 1 saturated carbocycles. The second-order valence-corrected chi connectivity index (χ2v) is 8.17. The molecule has 0 aromatic rings. The maximum Gasteiger partial charge on any atom is 0.410 e. The molecule has 3 aliphatic rings. The van der Waals surface area contributed by atoms with E-state index in [9.17, 15) is 18.0 Å². The summed E-state index contributed by atoms with van der Waals surface area (Å²) in [7, 11) is 0. The van der Waals surface area contributed by atoms with E-state index < -0.39 is 17.3 Å². The van der Waals surface area contributed by atoms with E-state index in [4.69, 9.17) is 4.74 Å². The Morgan fingerprint density at radius 3 is 2.04 bits per heavy atom. The molecule has 3 fully saturated rings. The Hall–Kier alpha value is -0.980. The van der Waals surface area contributed by atoms with Crippen LogP contribution in [0.1, 0.15) is 59.3 Å². The van der Waals surface area contributed by atoms with Gasteiger partial charge in [-0.1, -0.05) is 0 Å². The number of ether oxygens (including phenoxy) is 1. The average molecular weight is 334 g/mol. The highest BCUT2D eigenvalue weighted by molar-refractivity contribution is 5.69. The van der Waals surface area contributed by atoms with Crippen LogP contribution >= 0.6 is 0 Å². The Labute approximate surface area is 134 Å². The van der Waals surface area contributed by atoms with Crippen molar-refractivity contribution in [1.29, 1.82) is 0 Å². The van der Waals surface area contributed by atoms with Gasteiger partial charge in [0, 0.05) is 18.1 Å². The molecule has 2 heterocycles. The number of hydrogen-bond acceptors (Lipinski definition) is 3. The van der Waals surface area contributed by atoms with Gasteiger partial charge < -0.3 is 15.0 Å². The van der Waals surface area contributed by atoms with Crippen molar-refractivity contribution in [2.75, 3.05) is 0 Å². The number of halogens is 3. The highest BCUT2D eigenvalue weighted by Gasteiger charge is 2.64. The molecular weight excluding hydrogens is 309 g/mol. The van der Waals surface area contributed by atoms with Crippen LogP contribution in [-0.4, -0.2) is 46.4 Å². The fourth-order valence-corrected chi connectivity index (χ4v) is 3.93. The number of nitrogens with zero attached hydrogens (tertiary/aromatic N) is 1. The van der Waals surface area contributed by atoms with E-state index in [0.29, 0.717) is 12.8 Å². The van der Waals surface area contributed by atoms with Crippen LogP contribution in [0.2, 0.25) is 0 Å². The molecular formula is C16H25F3N2O2. The molecule has 1 amide bonds. The normalized spacial score (nSPS) is 32.8. The summed E-state index contributed by atoms with van der Waals surface area (Å²) in [6.07, 6.45) is -1.34. The largest absolute Gasteiger partial charge is 0.444 e. The van der Waals surface area contributed by atoms with Crippen LogP contribution in [0.3, 0.4) is 0 Å². The average Bonchev–Trinajstić information content (AvgIpc) is 3.08. The lowest BCUT2D eigenvalue weighted by Gasteiger charge is -2.41.